The molecule has 0 bridgehead atoms. The number of aryl methyl sites for hydroxylation is 1. The zero-order valence-corrected chi connectivity index (χ0v) is 20.2. The van der Waals surface area contributed by atoms with Crippen LogP contribution in [-0.4, -0.2) is 62.8 Å². The average molecular weight is 474 g/mol. The van der Waals surface area contributed by atoms with Gasteiger partial charge in [-0.25, -0.2) is 17.1 Å². The molecule has 2 fully saturated rings. The van der Waals surface area contributed by atoms with Gasteiger partial charge in [-0.1, -0.05) is 30.3 Å². The standard InChI is InChI=1S/C25H32FN3O3S/c1-19-6-5-9-24(20(19)2)27-14-16-28(17-15-27)25(30)21-10-12-29(13-11-21)33(31,32)18-22-7-3-4-8-23(22)26/h3-9,21H,10-18H2,1-2H3. The molecule has 0 saturated carbocycles. The Kier molecular flexibility index (Phi) is 7.05. The number of anilines is 1. The van der Waals surface area contributed by atoms with Crippen molar-refractivity contribution in [2.45, 2.75) is 32.4 Å². The predicted molar refractivity (Wildman–Crippen MR) is 128 cm³/mol. The van der Waals surface area contributed by atoms with Gasteiger partial charge in [-0.3, -0.25) is 4.79 Å². The minimum atomic E-state index is -3.62. The summed E-state index contributed by atoms with van der Waals surface area (Å²) in [6.07, 6.45) is 1.01. The minimum Gasteiger partial charge on any atom is -0.368 e. The van der Waals surface area contributed by atoms with Crippen molar-refractivity contribution in [3.63, 3.8) is 0 Å². The van der Waals surface area contributed by atoms with Gasteiger partial charge in [-0.15, -0.1) is 0 Å². The Bertz CT molecular complexity index is 1110. The van der Waals surface area contributed by atoms with Crippen molar-refractivity contribution in [3.05, 3.63) is 65.0 Å². The van der Waals surface area contributed by atoms with Gasteiger partial charge in [0, 0.05) is 56.4 Å². The predicted octanol–water partition coefficient (Wildman–Crippen LogP) is 3.33. The monoisotopic (exact) mass is 473 g/mol. The maximum Gasteiger partial charge on any atom is 0.225 e. The molecule has 4 rings (SSSR count). The van der Waals surface area contributed by atoms with Crippen LogP contribution in [0.3, 0.4) is 0 Å². The van der Waals surface area contributed by atoms with E-state index in [1.54, 1.807) is 12.1 Å². The second kappa shape index (κ2) is 9.81. The van der Waals surface area contributed by atoms with E-state index in [4.69, 9.17) is 0 Å². The van der Waals surface area contributed by atoms with Crippen molar-refractivity contribution in [2.75, 3.05) is 44.2 Å². The highest BCUT2D eigenvalue weighted by Crippen LogP contribution is 2.27. The Morgan fingerprint density at radius 2 is 1.61 bits per heavy atom. The van der Waals surface area contributed by atoms with E-state index in [0.29, 0.717) is 39.0 Å². The van der Waals surface area contributed by atoms with Crippen LogP contribution in [0.1, 0.15) is 29.5 Å². The number of carbonyl (C=O) groups is 1. The number of hydrogen-bond donors (Lipinski definition) is 0. The Hall–Kier alpha value is -2.45. The maximum absolute atomic E-state index is 13.9. The SMILES string of the molecule is Cc1cccc(N2CCN(C(=O)C3CCN(S(=O)(=O)Cc4ccccc4F)CC3)CC2)c1C. The molecule has 0 unspecified atom stereocenters. The lowest BCUT2D eigenvalue weighted by Gasteiger charge is -2.39. The second-order valence-electron chi connectivity index (χ2n) is 9.05. The zero-order valence-electron chi connectivity index (χ0n) is 19.3. The molecule has 178 valence electrons. The van der Waals surface area contributed by atoms with Gasteiger partial charge in [0.2, 0.25) is 15.9 Å². The van der Waals surface area contributed by atoms with Crippen LogP contribution >= 0.6 is 0 Å². The summed E-state index contributed by atoms with van der Waals surface area (Å²) in [5, 5.41) is 0. The van der Waals surface area contributed by atoms with Crippen LogP contribution in [-0.2, 0) is 20.6 Å². The van der Waals surface area contributed by atoms with Gasteiger partial charge in [0.25, 0.3) is 0 Å². The molecule has 2 saturated heterocycles. The number of sulfonamides is 1. The highest BCUT2D eigenvalue weighted by atomic mass is 32.2. The van der Waals surface area contributed by atoms with Gasteiger partial charge in [-0.2, -0.15) is 0 Å². The third kappa shape index (κ3) is 5.22. The lowest BCUT2D eigenvalue weighted by atomic mass is 9.96. The van der Waals surface area contributed by atoms with Crippen LogP contribution in [0.2, 0.25) is 0 Å². The lowest BCUT2D eigenvalue weighted by molar-refractivity contribution is -0.137. The molecule has 8 heteroatoms. The number of piperidine rings is 1. The van der Waals surface area contributed by atoms with E-state index in [1.807, 2.05) is 4.90 Å². The van der Waals surface area contributed by atoms with Crippen molar-refractivity contribution < 1.29 is 17.6 Å². The average Bonchev–Trinajstić information content (AvgIpc) is 2.82. The molecule has 6 nitrogen and oxygen atoms in total. The molecule has 2 aromatic carbocycles. The van der Waals surface area contributed by atoms with E-state index in [2.05, 4.69) is 36.9 Å². The maximum atomic E-state index is 13.9. The minimum absolute atomic E-state index is 0.127. The lowest BCUT2D eigenvalue weighted by Crippen LogP contribution is -2.52. The number of nitrogens with zero attached hydrogens (tertiary/aromatic N) is 3. The highest BCUT2D eigenvalue weighted by molar-refractivity contribution is 7.88. The molecule has 0 radical (unpaired) electrons. The van der Waals surface area contributed by atoms with Crippen molar-refractivity contribution in [1.82, 2.24) is 9.21 Å². The molecular formula is C25H32FN3O3S. The number of rotatable bonds is 5. The molecular weight excluding hydrogens is 441 g/mol. The molecule has 0 spiro atoms. The topological polar surface area (TPSA) is 60.9 Å². The summed E-state index contributed by atoms with van der Waals surface area (Å²) >= 11 is 0. The van der Waals surface area contributed by atoms with Gasteiger partial charge in [0.1, 0.15) is 5.82 Å². The first-order chi connectivity index (χ1) is 15.8. The molecule has 33 heavy (non-hydrogen) atoms. The Morgan fingerprint density at radius 3 is 2.27 bits per heavy atom. The molecule has 2 aliphatic heterocycles. The number of benzene rings is 2. The first-order valence-electron chi connectivity index (χ1n) is 11.6. The van der Waals surface area contributed by atoms with Crippen molar-refractivity contribution >= 4 is 21.6 Å². The van der Waals surface area contributed by atoms with Crippen molar-refractivity contribution in [3.8, 4) is 0 Å². The van der Waals surface area contributed by atoms with Crippen LogP contribution in [0.25, 0.3) is 0 Å². The van der Waals surface area contributed by atoms with E-state index in [1.165, 1.54) is 33.3 Å². The molecule has 2 heterocycles. The quantitative estimate of drug-likeness (QED) is 0.668. The largest absolute Gasteiger partial charge is 0.368 e. The van der Waals surface area contributed by atoms with E-state index in [0.717, 1.165) is 13.1 Å². The van der Waals surface area contributed by atoms with Gasteiger partial charge in [0.15, 0.2) is 0 Å². The smallest absolute Gasteiger partial charge is 0.225 e. The van der Waals surface area contributed by atoms with Crippen molar-refractivity contribution in [2.24, 2.45) is 5.92 Å². The number of amides is 1. The van der Waals surface area contributed by atoms with Gasteiger partial charge < -0.3 is 9.80 Å². The molecule has 0 N–H and O–H groups in total. The number of carbonyl (C=O) groups excluding carboxylic acids is 1. The zero-order chi connectivity index (χ0) is 23.6. The molecule has 0 atom stereocenters. The normalized spacial score (nSPS) is 18.5. The van der Waals surface area contributed by atoms with E-state index in [-0.39, 0.29) is 23.1 Å². The Morgan fingerprint density at radius 1 is 0.939 bits per heavy atom. The third-order valence-corrected chi connectivity index (χ3v) is 8.83. The van der Waals surface area contributed by atoms with Crippen LogP contribution in [0.5, 0.6) is 0 Å². The molecule has 2 aromatic rings. The molecule has 2 aliphatic rings. The van der Waals surface area contributed by atoms with E-state index < -0.39 is 15.8 Å². The summed E-state index contributed by atoms with van der Waals surface area (Å²) in [5.41, 5.74) is 3.96. The first-order valence-corrected chi connectivity index (χ1v) is 13.2. The van der Waals surface area contributed by atoms with Gasteiger partial charge in [-0.05, 0) is 49.9 Å². The van der Waals surface area contributed by atoms with Crippen LogP contribution in [0.15, 0.2) is 42.5 Å². The summed E-state index contributed by atoms with van der Waals surface area (Å²) in [7, 11) is -3.62. The van der Waals surface area contributed by atoms with E-state index >= 15 is 0 Å². The number of piperazine rings is 1. The summed E-state index contributed by atoms with van der Waals surface area (Å²) in [4.78, 5) is 17.4. The van der Waals surface area contributed by atoms with Crippen LogP contribution in [0.4, 0.5) is 10.1 Å². The summed E-state index contributed by atoms with van der Waals surface area (Å²) in [5.74, 6) is -0.886. The summed E-state index contributed by atoms with van der Waals surface area (Å²) in [6, 6.07) is 12.3. The third-order valence-electron chi connectivity index (χ3n) is 7.00. The van der Waals surface area contributed by atoms with Gasteiger partial charge in [0.05, 0.1) is 5.75 Å². The fourth-order valence-corrected chi connectivity index (χ4v) is 6.37. The fraction of sp³-hybridized carbons (Fsp3) is 0.480. The molecule has 0 aliphatic carbocycles. The Labute approximate surface area is 196 Å². The second-order valence-corrected chi connectivity index (χ2v) is 11.0. The van der Waals surface area contributed by atoms with Gasteiger partial charge >= 0.3 is 0 Å². The number of hydrogen-bond acceptors (Lipinski definition) is 4. The van der Waals surface area contributed by atoms with Crippen LogP contribution < -0.4 is 4.90 Å². The first kappa shape index (κ1) is 23.7. The number of halogens is 1. The fourth-order valence-electron chi connectivity index (χ4n) is 4.79. The molecule has 1 amide bonds. The Balaban J connectivity index is 1.30. The summed E-state index contributed by atoms with van der Waals surface area (Å²) < 4.78 is 40.8. The highest BCUT2D eigenvalue weighted by Gasteiger charge is 2.34. The molecule has 0 aromatic heterocycles. The van der Waals surface area contributed by atoms with E-state index in [9.17, 15) is 17.6 Å². The van der Waals surface area contributed by atoms with Crippen molar-refractivity contribution in [1.29, 1.82) is 0 Å². The van der Waals surface area contributed by atoms with Crippen LogP contribution in [0, 0.1) is 25.6 Å². The summed E-state index contributed by atoms with van der Waals surface area (Å²) in [6.45, 7) is 7.80.